The number of rotatable bonds is 53. The maximum Gasteiger partial charge on any atom is 0.217 e. The highest BCUT2D eigenvalue weighted by Crippen LogP contribution is 2.46. The van der Waals surface area contributed by atoms with Crippen molar-refractivity contribution >= 4 is 80.5 Å². The Morgan fingerprint density at radius 3 is 1.17 bits per heavy atom. The van der Waals surface area contributed by atoms with E-state index in [1.54, 1.807) is 13.8 Å². The van der Waals surface area contributed by atoms with Gasteiger partial charge in [0.1, 0.15) is 68.9 Å². The van der Waals surface area contributed by atoms with E-state index < -0.39 is 150 Å². The van der Waals surface area contributed by atoms with E-state index in [1.165, 1.54) is 6.92 Å². The Morgan fingerprint density at radius 2 is 0.783 bits per heavy atom. The maximum absolute atomic E-state index is 13.0. The Bertz CT molecular complexity index is 2200. The topological polar surface area (TPSA) is 464 Å². The molecule has 0 aromatic rings. The number of nitrogens with one attached hydrogen (secondary N) is 1. The second-order valence-corrected chi connectivity index (χ2v) is 33.0. The van der Waals surface area contributed by atoms with Crippen LogP contribution in [0, 0.1) is 17.3 Å². The molecule has 41 heteroatoms. The van der Waals surface area contributed by atoms with Gasteiger partial charge in [-0.3, -0.25) is 9.36 Å². The zero-order valence-corrected chi connectivity index (χ0v) is 59.1. The molecule has 11 unspecified atom stereocenters. The summed E-state index contributed by atoms with van der Waals surface area (Å²) in [5.41, 5.74) is -1.10. The summed E-state index contributed by atoms with van der Waals surface area (Å²) in [5.74, 6) is -1.65. The number of aliphatic hydroxyl groups excluding tert-OH is 9. The van der Waals surface area contributed by atoms with Crippen LogP contribution in [0.2, 0.25) is 0 Å². The van der Waals surface area contributed by atoms with Gasteiger partial charge >= 0.3 is 0 Å². The van der Waals surface area contributed by atoms with Crippen LogP contribution in [0.5, 0.6) is 0 Å². The van der Waals surface area contributed by atoms with E-state index in [0.29, 0.717) is 38.5 Å². The molecule has 3 saturated heterocycles. The van der Waals surface area contributed by atoms with E-state index in [9.17, 15) is 70.0 Å². The van der Waals surface area contributed by atoms with Gasteiger partial charge in [0.15, 0.2) is 25.7 Å². The molecule has 3 aliphatic rings. The van der Waals surface area contributed by atoms with Gasteiger partial charge < -0.3 is 162 Å². The number of carbonyl (C=O) groups excluding carboxylic acids is 1. The summed E-state index contributed by atoms with van der Waals surface area (Å²) >= 11 is 20.1. The predicted molar refractivity (Wildman–Crippen MR) is 331 cm³/mol. The van der Waals surface area contributed by atoms with Crippen molar-refractivity contribution in [1.29, 1.82) is 0 Å². The van der Waals surface area contributed by atoms with Gasteiger partial charge in [0.25, 0.3) is 0 Å². The van der Waals surface area contributed by atoms with Crippen molar-refractivity contribution < 1.29 is 154 Å². The SMILES string of the molecule is COP([O-])(=S)OCCCOCC(COCCCOP(=O)([S-])OCCCCO[C@@H]1OC(CO)[C@H](O)[C@H](O)C1C)(COCCCOP([O-])(=S)OCCCCO[C@@H]1OC(CO)[C@H](O)[C@H](O)C1NC(C)=O)COCCOP([O-])(=S)OCCCCO[C@@H]1OC(CO)[C@H](O)[C@H](O)C1C. The van der Waals surface area contributed by atoms with Crippen LogP contribution < -0.4 is 20.0 Å². The molecule has 3 heterocycles. The van der Waals surface area contributed by atoms with Gasteiger partial charge in [0, 0.05) is 65.5 Å². The molecule has 10 N–H and O–H groups in total. The van der Waals surface area contributed by atoms with Gasteiger partial charge in [-0.1, -0.05) is 49.3 Å². The van der Waals surface area contributed by atoms with E-state index in [1.807, 2.05) is 0 Å². The van der Waals surface area contributed by atoms with Crippen molar-refractivity contribution in [2.24, 2.45) is 17.3 Å². The molecular formula is C51H97NO32P4S4-4. The summed E-state index contributed by atoms with van der Waals surface area (Å²) in [4.78, 5) is 49.9. The summed E-state index contributed by atoms with van der Waals surface area (Å²) in [5, 5.41) is 92.5. The van der Waals surface area contributed by atoms with Crippen molar-refractivity contribution in [3.8, 4) is 0 Å². The third-order valence-corrected chi connectivity index (χ3v) is 20.8. The highest BCUT2D eigenvalue weighted by molar-refractivity contribution is 8.32. The van der Waals surface area contributed by atoms with E-state index in [2.05, 4.69) is 5.32 Å². The normalized spacial score (nSPS) is 30.4. The van der Waals surface area contributed by atoms with Crippen molar-refractivity contribution in [3.05, 3.63) is 0 Å². The first kappa shape index (κ1) is 87.0. The van der Waals surface area contributed by atoms with Crippen LogP contribution in [0.4, 0.5) is 0 Å². The Kier molecular flexibility index (Phi) is 43.8. The zero-order valence-electron chi connectivity index (χ0n) is 52.2. The Morgan fingerprint density at radius 1 is 0.467 bits per heavy atom. The highest BCUT2D eigenvalue weighted by atomic mass is 32.7. The van der Waals surface area contributed by atoms with Crippen LogP contribution in [0.1, 0.15) is 78.6 Å². The molecule has 0 aliphatic carbocycles. The minimum absolute atomic E-state index is 0.0253. The Labute approximate surface area is 558 Å². The molecule has 0 spiro atoms. The maximum atomic E-state index is 13.0. The molecule has 3 rings (SSSR count). The average Bonchev–Trinajstić information content (AvgIpc) is 0.849. The Hall–Kier alpha value is 0.800. The van der Waals surface area contributed by atoms with Crippen molar-refractivity contribution in [2.75, 3.05) is 146 Å². The standard InChI is InChI=1S/C51H101NO32P4S4/c1-35-42(57)44(59)38(28-53)82-48(35)72-17-5-8-20-76-86(64,90)79-24-12-15-69-32-51(31-68-14-11-23-75-85(63,89)67-4,34-71-26-27-81-88(66,92)78-22-9-6-18-73-49-36(2)43(58)45(60)39(29-54)83-49)33-70-16-13-25-80-87(65,91)77-21-10-7-19-74-50-41(52-37(3)56)47(62)46(61)40(30-55)84-50/h35-36,38-50,53-55,57-62H,5-34H2,1-4H3,(H,52,56)(H,63,89)(H,64,90)(H,65,91)(H,66,92)/p-4/t35?,36?,38?,39?,40?,41?,42-,43-,44+,45+,46+,47-,48-,49-,50-,51?,85?,86?,87?,88?/m1/s1. The second kappa shape index (κ2) is 46.3. The highest BCUT2D eigenvalue weighted by Gasteiger charge is 2.46. The average molecular weight is 1490 g/mol. The zero-order chi connectivity index (χ0) is 68.4. The Balaban J connectivity index is 1.55. The summed E-state index contributed by atoms with van der Waals surface area (Å²) < 4.78 is 113. The van der Waals surface area contributed by atoms with Crippen molar-refractivity contribution in [3.63, 3.8) is 0 Å². The molecule has 92 heavy (non-hydrogen) atoms. The molecule has 0 radical (unpaired) electrons. The third kappa shape index (κ3) is 34.0. The summed E-state index contributed by atoms with van der Waals surface area (Å²) in [7, 11) is 1.16. The molecule has 1 amide bonds. The summed E-state index contributed by atoms with van der Waals surface area (Å²) in [6, 6.07) is -1.12. The fourth-order valence-corrected chi connectivity index (χ4v) is 13.3. The first-order valence-corrected chi connectivity index (χ1v) is 40.4. The van der Waals surface area contributed by atoms with Crippen LogP contribution in [-0.2, 0) is 141 Å². The monoisotopic (exact) mass is 1490 g/mol. The summed E-state index contributed by atoms with van der Waals surface area (Å²) in [6.45, 7) is -13.5. The van der Waals surface area contributed by atoms with E-state index >= 15 is 0 Å². The molecule has 0 saturated carbocycles. The fraction of sp³-hybridized carbons (Fsp3) is 0.980. The fourth-order valence-electron chi connectivity index (χ4n) is 8.96. The van der Waals surface area contributed by atoms with Crippen molar-refractivity contribution in [2.45, 2.75) is 158 Å². The van der Waals surface area contributed by atoms with Crippen LogP contribution in [0.15, 0.2) is 0 Å². The molecular weight excluding hydrogens is 1390 g/mol. The first-order valence-electron chi connectivity index (χ1n) is 30.2. The van der Waals surface area contributed by atoms with Crippen LogP contribution in [0.3, 0.4) is 0 Å². The lowest BCUT2D eigenvalue weighted by Gasteiger charge is -2.42. The minimum atomic E-state index is -4.00. The lowest BCUT2D eigenvalue weighted by Crippen LogP contribution is -2.64. The van der Waals surface area contributed by atoms with Gasteiger partial charge in [0.2, 0.25) is 5.91 Å². The summed E-state index contributed by atoms with van der Waals surface area (Å²) in [6.07, 6.45) is -11.1. The number of carbonyl (C=O) groups is 1. The predicted octanol–water partition coefficient (Wildman–Crippen LogP) is -2.13. The van der Waals surface area contributed by atoms with Gasteiger partial charge in [-0.05, 0) is 57.8 Å². The number of hydrogen-bond donors (Lipinski definition) is 10. The number of aliphatic hydroxyl groups is 9. The van der Waals surface area contributed by atoms with E-state index in [0.717, 1.165) is 7.11 Å². The first-order chi connectivity index (χ1) is 43.6. The molecule has 0 bridgehead atoms. The molecule has 20 atom stereocenters. The minimum Gasteiger partial charge on any atom is -0.780 e. The number of hydrogen-bond acceptors (Lipinski definition) is 36. The van der Waals surface area contributed by atoms with Gasteiger partial charge in [-0.2, -0.15) is 0 Å². The van der Waals surface area contributed by atoms with E-state index in [-0.39, 0.29) is 138 Å². The van der Waals surface area contributed by atoms with Gasteiger partial charge in [-0.25, -0.2) is 0 Å². The number of amides is 1. The molecule has 3 aliphatic heterocycles. The second-order valence-electron chi connectivity index (χ2n) is 21.9. The lowest BCUT2D eigenvalue weighted by atomic mass is 9.92. The smallest absolute Gasteiger partial charge is 0.217 e. The van der Waals surface area contributed by atoms with Crippen LogP contribution >= 0.6 is 27.0 Å². The number of unbranched alkanes of at least 4 members (excludes halogenated alkanes) is 3. The molecule has 546 valence electrons. The lowest BCUT2D eigenvalue weighted by molar-refractivity contribution is -0.282. The molecule has 0 aromatic carbocycles. The van der Waals surface area contributed by atoms with Gasteiger partial charge in [-0.15, -0.1) is 0 Å². The molecule has 0 aromatic heterocycles. The largest absolute Gasteiger partial charge is 0.780 e. The van der Waals surface area contributed by atoms with Crippen LogP contribution in [-0.4, -0.2) is 278 Å². The number of ether oxygens (including phenoxy) is 10. The molecule has 33 nitrogen and oxygen atoms in total. The quantitative estimate of drug-likeness (QED) is 0.0177. The molecule has 3 fully saturated rings. The third-order valence-electron chi connectivity index (χ3n) is 14.2. The van der Waals surface area contributed by atoms with E-state index in [4.69, 9.17) is 131 Å². The van der Waals surface area contributed by atoms with Crippen molar-refractivity contribution in [1.82, 2.24) is 5.32 Å². The van der Waals surface area contributed by atoms with Gasteiger partial charge in [0.05, 0.1) is 117 Å². The van der Waals surface area contributed by atoms with Crippen LogP contribution in [0.25, 0.3) is 0 Å².